The maximum atomic E-state index is 11.9. The van der Waals surface area contributed by atoms with E-state index < -0.39 is 0 Å². The summed E-state index contributed by atoms with van der Waals surface area (Å²) in [5, 5.41) is 2.98. The number of nitrogens with zero attached hydrogens (tertiary/aromatic N) is 2. The quantitative estimate of drug-likeness (QED) is 0.783. The molecule has 0 unspecified atom stereocenters. The number of aromatic nitrogens is 1. The van der Waals surface area contributed by atoms with Gasteiger partial charge in [-0.3, -0.25) is 9.59 Å². The molecule has 0 spiro atoms. The van der Waals surface area contributed by atoms with Crippen molar-refractivity contribution in [1.29, 1.82) is 0 Å². The van der Waals surface area contributed by atoms with Crippen LogP contribution < -0.4 is 10.2 Å². The van der Waals surface area contributed by atoms with Gasteiger partial charge in [-0.05, 0) is 19.1 Å². The summed E-state index contributed by atoms with van der Waals surface area (Å²) < 4.78 is 5.49. The van der Waals surface area contributed by atoms with Crippen molar-refractivity contribution >= 4 is 17.5 Å². The fourth-order valence-electron chi connectivity index (χ4n) is 2.60. The number of hydrogen-bond acceptors (Lipinski definition) is 5. The fourth-order valence-corrected chi connectivity index (χ4v) is 2.60. The first-order valence-electron chi connectivity index (χ1n) is 6.73. The number of hydrogen-bond donors (Lipinski definition) is 1. The molecule has 2 saturated heterocycles. The van der Waals surface area contributed by atoms with E-state index in [9.17, 15) is 9.59 Å². The minimum Gasteiger partial charge on any atom is -0.378 e. The summed E-state index contributed by atoms with van der Waals surface area (Å²) in [5.74, 6) is 0.678. The van der Waals surface area contributed by atoms with Gasteiger partial charge in [0.2, 0.25) is 5.91 Å². The van der Waals surface area contributed by atoms with Crippen LogP contribution in [0.25, 0.3) is 0 Å². The Hall–Kier alpha value is -1.95. The van der Waals surface area contributed by atoms with Crippen molar-refractivity contribution in [1.82, 2.24) is 10.3 Å². The summed E-state index contributed by atoms with van der Waals surface area (Å²) >= 11 is 0. The molecule has 6 nitrogen and oxygen atoms in total. The standard InChI is InChI=1S/C14H17N3O3/c1-9(18)10-2-3-13(15-4-10)17-5-11-7-20-8-12(6-17)16-14(11)19/h2-4,11-12H,5-8H2,1H3,(H,16,19)/t11-,12+/m1/s1. The van der Waals surface area contributed by atoms with Crippen LogP contribution in [-0.2, 0) is 9.53 Å². The van der Waals surface area contributed by atoms with Crippen LogP contribution in [0.4, 0.5) is 5.82 Å². The van der Waals surface area contributed by atoms with Gasteiger partial charge >= 0.3 is 0 Å². The van der Waals surface area contributed by atoms with Crippen molar-refractivity contribution in [3.8, 4) is 0 Å². The molecular weight excluding hydrogens is 258 g/mol. The third-order valence-corrected chi connectivity index (χ3v) is 3.72. The number of Topliss-reactive ketones (excluding diaryl/α,β-unsaturated/α-hetero) is 1. The maximum Gasteiger partial charge on any atom is 0.227 e. The lowest BCUT2D eigenvalue weighted by Crippen LogP contribution is -2.42. The van der Waals surface area contributed by atoms with Crippen molar-refractivity contribution in [3.05, 3.63) is 23.9 Å². The number of pyridine rings is 1. The number of nitrogens with one attached hydrogen (secondary N) is 1. The lowest BCUT2D eigenvalue weighted by molar-refractivity contribution is -0.124. The minimum absolute atomic E-state index is 0.00188. The van der Waals surface area contributed by atoms with Crippen LogP contribution in [0.15, 0.2) is 18.3 Å². The molecule has 0 radical (unpaired) electrons. The second kappa shape index (κ2) is 5.20. The summed E-state index contributed by atoms with van der Waals surface area (Å²) in [5.41, 5.74) is 0.598. The normalized spacial score (nSPS) is 25.9. The fraction of sp³-hybridized carbons (Fsp3) is 0.500. The molecule has 6 heteroatoms. The zero-order valence-corrected chi connectivity index (χ0v) is 11.3. The Kier molecular flexibility index (Phi) is 3.40. The van der Waals surface area contributed by atoms with Crippen LogP contribution in [0.2, 0.25) is 0 Å². The zero-order valence-electron chi connectivity index (χ0n) is 11.3. The van der Waals surface area contributed by atoms with E-state index in [1.807, 2.05) is 6.07 Å². The van der Waals surface area contributed by atoms with Crippen LogP contribution in [-0.4, -0.2) is 49.0 Å². The van der Waals surface area contributed by atoms with Crippen molar-refractivity contribution in [2.75, 3.05) is 31.2 Å². The summed E-state index contributed by atoms with van der Waals surface area (Å²) in [7, 11) is 0. The van der Waals surface area contributed by atoms with Gasteiger partial charge in [0.25, 0.3) is 0 Å². The molecule has 3 rings (SSSR count). The molecule has 2 bridgehead atoms. The largest absolute Gasteiger partial charge is 0.378 e. The molecule has 2 fully saturated rings. The van der Waals surface area contributed by atoms with Gasteiger partial charge in [0, 0.05) is 24.8 Å². The first-order valence-corrected chi connectivity index (χ1v) is 6.73. The highest BCUT2D eigenvalue weighted by molar-refractivity contribution is 5.93. The Morgan fingerprint density at radius 1 is 1.40 bits per heavy atom. The minimum atomic E-state index is -0.170. The van der Waals surface area contributed by atoms with Gasteiger partial charge in [-0.15, -0.1) is 0 Å². The van der Waals surface area contributed by atoms with Gasteiger partial charge in [0.05, 0.1) is 25.2 Å². The molecule has 2 aliphatic rings. The average Bonchev–Trinajstić information content (AvgIpc) is 2.67. The molecule has 1 amide bonds. The van der Waals surface area contributed by atoms with Gasteiger partial charge in [-0.25, -0.2) is 4.98 Å². The SMILES string of the molecule is CC(=O)c1ccc(N2C[C@H]3COC[C@@H](C2)C(=O)N3)nc1. The number of anilines is 1. The van der Waals surface area contributed by atoms with E-state index in [0.29, 0.717) is 31.9 Å². The Morgan fingerprint density at radius 2 is 2.25 bits per heavy atom. The van der Waals surface area contributed by atoms with Crippen LogP contribution in [0.5, 0.6) is 0 Å². The highest BCUT2D eigenvalue weighted by Crippen LogP contribution is 2.19. The van der Waals surface area contributed by atoms with E-state index in [1.54, 1.807) is 12.3 Å². The molecule has 1 aromatic rings. The molecule has 3 heterocycles. The Bertz CT molecular complexity index is 529. The maximum absolute atomic E-state index is 11.9. The van der Waals surface area contributed by atoms with Crippen LogP contribution in [0.3, 0.4) is 0 Å². The highest BCUT2D eigenvalue weighted by Gasteiger charge is 2.33. The van der Waals surface area contributed by atoms with Crippen molar-refractivity contribution in [2.24, 2.45) is 5.92 Å². The summed E-state index contributed by atoms with van der Waals surface area (Å²) in [6.45, 7) is 3.77. The molecule has 20 heavy (non-hydrogen) atoms. The van der Waals surface area contributed by atoms with E-state index >= 15 is 0 Å². The van der Waals surface area contributed by atoms with Gasteiger partial charge in [0.15, 0.2) is 5.78 Å². The van der Waals surface area contributed by atoms with E-state index in [4.69, 9.17) is 4.74 Å². The molecule has 106 valence electrons. The monoisotopic (exact) mass is 275 g/mol. The van der Waals surface area contributed by atoms with Crippen molar-refractivity contribution in [2.45, 2.75) is 13.0 Å². The molecule has 0 saturated carbocycles. The smallest absolute Gasteiger partial charge is 0.227 e. The molecular formula is C14H17N3O3. The first kappa shape index (κ1) is 13.1. The van der Waals surface area contributed by atoms with Gasteiger partial charge in [0.1, 0.15) is 5.82 Å². The van der Waals surface area contributed by atoms with Crippen molar-refractivity contribution < 1.29 is 14.3 Å². The second-order valence-corrected chi connectivity index (χ2v) is 5.31. The number of carbonyl (C=O) groups is 2. The Morgan fingerprint density at radius 3 is 2.95 bits per heavy atom. The summed E-state index contributed by atoms with van der Waals surface area (Å²) in [6.07, 6.45) is 1.59. The second-order valence-electron chi connectivity index (χ2n) is 5.31. The van der Waals surface area contributed by atoms with Crippen LogP contribution >= 0.6 is 0 Å². The van der Waals surface area contributed by atoms with Gasteiger partial charge in [-0.1, -0.05) is 0 Å². The first-order chi connectivity index (χ1) is 9.63. The highest BCUT2D eigenvalue weighted by atomic mass is 16.5. The predicted octanol–water partition coefficient (Wildman–Crippen LogP) is 0.235. The van der Waals surface area contributed by atoms with E-state index in [1.165, 1.54) is 6.92 Å². The number of rotatable bonds is 2. The molecule has 0 aliphatic carbocycles. The third kappa shape index (κ3) is 2.51. The van der Waals surface area contributed by atoms with Crippen molar-refractivity contribution in [3.63, 3.8) is 0 Å². The van der Waals surface area contributed by atoms with E-state index in [2.05, 4.69) is 15.2 Å². The molecule has 2 atom stereocenters. The zero-order chi connectivity index (χ0) is 14.1. The molecule has 0 aromatic carbocycles. The number of fused-ring (bicyclic) bond motifs is 3. The van der Waals surface area contributed by atoms with E-state index in [0.717, 1.165) is 5.82 Å². The van der Waals surface area contributed by atoms with Crippen LogP contribution in [0.1, 0.15) is 17.3 Å². The summed E-state index contributed by atoms with van der Waals surface area (Å²) in [4.78, 5) is 29.6. The lowest BCUT2D eigenvalue weighted by atomic mass is 10.1. The number of ether oxygens (including phenoxy) is 1. The van der Waals surface area contributed by atoms with Gasteiger partial charge in [-0.2, -0.15) is 0 Å². The number of ketones is 1. The summed E-state index contributed by atoms with van der Waals surface area (Å²) in [6, 6.07) is 3.60. The molecule has 2 aliphatic heterocycles. The van der Waals surface area contributed by atoms with Gasteiger partial charge < -0.3 is 15.0 Å². The van der Waals surface area contributed by atoms with Crippen LogP contribution in [0, 0.1) is 5.92 Å². The average molecular weight is 275 g/mol. The number of carbonyl (C=O) groups excluding carboxylic acids is 2. The lowest BCUT2D eigenvalue weighted by Gasteiger charge is -2.28. The molecule has 1 aromatic heterocycles. The molecule has 1 N–H and O–H groups in total. The topological polar surface area (TPSA) is 71.5 Å². The predicted molar refractivity (Wildman–Crippen MR) is 72.7 cm³/mol. The number of amides is 1. The third-order valence-electron chi connectivity index (χ3n) is 3.72. The Labute approximate surface area is 117 Å². The Balaban J connectivity index is 1.83. The van der Waals surface area contributed by atoms with E-state index in [-0.39, 0.29) is 23.7 Å².